The molecule has 1 aromatic carbocycles. The third-order valence-corrected chi connectivity index (χ3v) is 5.56. The van der Waals surface area contributed by atoms with E-state index in [-0.39, 0.29) is 23.3 Å². The van der Waals surface area contributed by atoms with Crippen LogP contribution < -0.4 is 16.4 Å². The normalized spacial score (nSPS) is 27.4. The van der Waals surface area contributed by atoms with Gasteiger partial charge in [0.1, 0.15) is 0 Å². The van der Waals surface area contributed by atoms with Gasteiger partial charge in [-0.05, 0) is 43.4 Å². The molecule has 25 heavy (non-hydrogen) atoms. The van der Waals surface area contributed by atoms with Crippen molar-refractivity contribution in [3.63, 3.8) is 0 Å². The number of hydrogen-bond donors (Lipinski definition) is 2. The van der Waals surface area contributed by atoms with Crippen molar-refractivity contribution in [1.82, 2.24) is 4.90 Å². The smallest absolute Gasteiger partial charge is 0.255 e. The molecular formula is C18H21N4O3. The first-order valence-corrected chi connectivity index (χ1v) is 8.53. The molecule has 7 heteroatoms. The minimum absolute atomic E-state index is 0.118. The van der Waals surface area contributed by atoms with E-state index >= 15 is 0 Å². The Kier molecular flexibility index (Phi) is 3.57. The van der Waals surface area contributed by atoms with Gasteiger partial charge in [0.25, 0.3) is 5.91 Å². The van der Waals surface area contributed by atoms with E-state index in [1.54, 1.807) is 0 Å². The molecule has 0 aromatic heterocycles. The molecule has 3 fully saturated rings. The Labute approximate surface area is 145 Å². The molecule has 0 bridgehead atoms. The highest BCUT2D eigenvalue weighted by atomic mass is 16.2. The summed E-state index contributed by atoms with van der Waals surface area (Å²) in [6.07, 6.45) is 4.17. The van der Waals surface area contributed by atoms with Crippen LogP contribution in [0.5, 0.6) is 0 Å². The number of nitrogens with two attached hydrogens (primary N) is 2. The standard InChI is InChI=1S/C18H21N4O3/c19-14(23)10-18(7-8-18)11-3-5-12(6-4-11)22-16(15(20)24)21-9-1-2-13(21)17(22)25/h2-6,13,16H,1,7-10H2,(H2,19,23)(H2,20,24)/t13-,16?/m0/s1. The molecule has 2 saturated heterocycles. The SMILES string of the molecule is NC(=O)CC1(c2ccc(N3C(=O)[C@@H]4[CH]CCN4C3C(N)=O)cc2)CC1. The molecule has 4 rings (SSSR count). The third kappa shape index (κ3) is 2.50. The molecule has 131 valence electrons. The molecule has 1 aromatic rings. The van der Waals surface area contributed by atoms with Crippen molar-refractivity contribution in [2.24, 2.45) is 11.5 Å². The number of primary amides is 2. The number of benzene rings is 1. The zero-order valence-corrected chi connectivity index (χ0v) is 13.9. The molecule has 4 N–H and O–H groups in total. The molecule has 2 heterocycles. The zero-order valence-electron chi connectivity index (χ0n) is 13.9. The third-order valence-electron chi connectivity index (χ3n) is 5.56. The lowest BCUT2D eigenvalue weighted by Crippen LogP contribution is -2.49. The second-order valence-corrected chi connectivity index (χ2v) is 7.16. The van der Waals surface area contributed by atoms with Crippen LogP contribution in [0.15, 0.2) is 24.3 Å². The van der Waals surface area contributed by atoms with E-state index in [2.05, 4.69) is 0 Å². The summed E-state index contributed by atoms with van der Waals surface area (Å²) in [5, 5.41) is 0. The van der Waals surface area contributed by atoms with Crippen LogP contribution >= 0.6 is 0 Å². The fourth-order valence-corrected chi connectivity index (χ4v) is 4.17. The van der Waals surface area contributed by atoms with Gasteiger partial charge in [-0.15, -0.1) is 0 Å². The first-order valence-electron chi connectivity index (χ1n) is 8.53. The van der Waals surface area contributed by atoms with Crippen LogP contribution in [-0.4, -0.2) is 41.4 Å². The molecule has 3 aliphatic rings. The summed E-state index contributed by atoms with van der Waals surface area (Å²) in [5.41, 5.74) is 12.5. The molecule has 1 aliphatic carbocycles. The number of rotatable bonds is 5. The Bertz CT molecular complexity index is 741. The fraction of sp³-hybridized carbons (Fsp3) is 0.444. The Hall–Kier alpha value is -2.41. The Morgan fingerprint density at radius 2 is 1.84 bits per heavy atom. The van der Waals surface area contributed by atoms with Gasteiger partial charge in [-0.2, -0.15) is 0 Å². The van der Waals surface area contributed by atoms with E-state index in [0.717, 1.165) is 24.8 Å². The highest BCUT2D eigenvalue weighted by molar-refractivity contribution is 6.07. The second kappa shape index (κ2) is 5.56. The van der Waals surface area contributed by atoms with Crippen LogP contribution in [0, 0.1) is 6.42 Å². The maximum Gasteiger partial charge on any atom is 0.255 e. The van der Waals surface area contributed by atoms with E-state index < -0.39 is 12.1 Å². The summed E-state index contributed by atoms with van der Waals surface area (Å²) in [6.45, 7) is 0.653. The van der Waals surface area contributed by atoms with Gasteiger partial charge in [0.2, 0.25) is 11.8 Å². The highest BCUT2D eigenvalue weighted by Gasteiger charge is 2.51. The number of fused-ring (bicyclic) bond motifs is 1. The minimum Gasteiger partial charge on any atom is -0.370 e. The van der Waals surface area contributed by atoms with Crippen LogP contribution in [0.2, 0.25) is 0 Å². The largest absolute Gasteiger partial charge is 0.370 e. The van der Waals surface area contributed by atoms with E-state index in [1.807, 2.05) is 35.6 Å². The maximum atomic E-state index is 12.7. The molecule has 1 unspecified atom stereocenters. The van der Waals surface area contributed by atoms with Crippen LogP contribution in [0.25, 0.3) is 0 Å². The average molecular weight is 341 g/mol. The summed E-state index contributed by atoms with van der Waals surface area (Å²) in [5.74, 6) is -0.948. The summed E-state index contributed by atoms with van der Waals surface area (Å²) in [7, 11) is 0. The summed E-state index contributed by atoms with van der Waals surface area (Å²) >= 11 is 0. The van der Waals surface area contributed by atoms with Crippen molar-refractivity contribution < 1.29 is 14.4 Å². The van der Waals surface area contributed by atoms with E-state index in [1.165, 1.54) is 4.90 Å². The highest BCUT2D eigenvalue weighted by Crippen LogP contribution is 2.51. The van der Waals surface area contributed by atoms with Gasteiger partial charge in [-0.25, -0.2) is 0 Å². The number of carbonyl (C=O) groups excluding carboxylic acids is 3. The van der Waals surface area contributed by atoms with Gasteiger partial charge in [0.05, 0.1) is 6.04 Å². The monoisotopic (exact) mass is 341 g/mol. The first kappa shape index (κ1) is 16.1. The molecule has 1 saturated carbocycles. The topological polar surface area (TPSA) is 110 Å². The molecule has 1 radical (unpaired) electrons. The summed E-state index contributed by atoms with van der Waals surface area (Å²) < 4.78 is 0. The Morgan fingerprint density at radius 3 is 2.40 bits per heavy atom. The van der Waals surface area contributed by atoms with Crippen LogP contribution in [0.1, 0.15) is 31.2 Å². The van der Waals surface area contributed by atoms with E-state index in [0.29, 0.717) is 18.7 Å². The second-order valence-electron chi connectivity index (χ2n) is 7.16. The fourth-order valence-electron chi connectivity index (χ4n) is 4.17. The number of nitrogens with zero attached hydrogens (tertiary/aromatic N) is 2. The van der Waals surface area contributed by atoms with Crippen LogP contribution in [0.3, 0.4) is 0 Å². The maximum absolute atomic E-state index is 12.7. The lowest BCUT2D eigenvalue weighted by molar-refractivity contribution is -0.122. The van der Waals surface area contributed by atoms with E-state index in [9.17, 15) is 14.4 Å². The van der Waals surface area contributed by atoms with Gasteiger partial charge in [0, 0.05) is 24.1 Å². The predicted octanol–water partition coefficient (Wildman–Crippen LogP) is 0.0302. The van der Waals surface area contributed by atoms with Gasteiger partial charge in [-0.3, -0.25) is 24.2 Å². The molecule has 2 aliphatic heterocycles. The van der Waals surface area contributed by atoms with Crippen LogP contribution in [-0.2, 0) is 19.8 Å². The zero-order chi connectivity index (χ0) is 17.8. The number of carbonyl (C=O) groups is 3. The Morgan fingerprint density at radius 1 is 1.16 bits per heavy atom. The van der Waals surface area contributed by atoms with Crippen molar-refractivity contribution in [2.75, 3.05) is 11.4 Å². The Balaban J connectivity index is 1.62. The van der Waals surface area contributed by atoms with Crippen molar-refractivity contribution in [3.8, 4) is 0 Å². The lowest BCUT2D eigenvalue weighted by atomic mass is 9.92. The molecule has 3 amide bonds. The lowest BCUT2D eigenvalue weighted by Gasteiger charge is -2.26. The molecular weight excluding hydrogens is 320 g/mol. The molecule has 7 nitrogen and oxygen atoms in total. The summed E-state index contributed by atoms with van der Waals surface area (Å²) in [6, 6.07) is 7.12. The number of anilines is 1. The number of hydrogen-bond acceptors (Lipinski definition) is 4. The number of amides is 3. The summed E-state index contributed by atoms with van der Waals surface area (Å²) in [4.78, 5) is 39.3. The first-order chi connectivity index (χ1) is 11.9. The van der Waals surface area contributed by atoms with Gasteiger partial charge < -0.3 is 11.5 Å². The predicted molar refractivity (Wildman–Crippen MR) is 91.0 cm³/mol. The van der Waals surface area contributed by atoms with Gasteiger partial charge >= 0.3 is 0 Å². The van der Waals surface area contributed by atoms with Crippen molar-refractivity contribution in [2.45, 2.75) is 43.3 Å². The average Bonchev–Trinajstić information content (AvgIpc) is 3.07. The molecule has 0 spiro atoms. The van der Waals surface area contributed by atoms with Crippen molar-refractivity contribution >= 4 is 23.4 Å². The van der Waals surface area contributed by atoms with Crippen molar-refractivity contribution in [1.29, 1.82) is 0 Å². The quantitative estimate of drug-likeness (QED) is 0.787. The van der Waals surface area contributed by atoms with Gasteiger partial charge in [0.15, 0.2) is 6.17 Å². The minimum atomic E-state index is -0.748. The van der Waals surface area contributed by atoms with Gasteiger partial charge in [-0.1, -0.05) is 12.1 Å². The van der Waals surface area contributed by atoms with E-state index in [4.69, 9.17) is 11.5 Å². The molecule has 2 atom stereocenters. The van der Waals surface area contributed by atoms with Crippen molar-refractivity contribution in [3.05, 3.63) is 36.2 Å². The van der Waals surface area contributed by atoms with Crippen LogP contribution in [0.4, 0.5) is 5.69 Å².